The lowest BCUT2D eigenvalue weighted by atomic mass is 9.95. The summed E-state index contributed by atoms with van der Waals surface area (Å²) in [5.41, 5.74) is 0.809. The topological polar surface area (TPSA) is 73.8 Å². The van der Waals surface area contributed by atoms with Crippen LogP contribution in [0.15, 0.2) is 42.5 Å². The molecule has 0 radical (unpaired) electrons. The second kappa shape index (κ2) is 9.81. The number of fused-ring (bicyclic) bond motifs is 5. The van der Waals surface area contributed by atoms with E-state index in [9.17, 15) is 5.11 Å². The molecule has 2 atom stereocenters. The van der Waals surface area contributed by atoms with E-state index in [-0.39, 0.29) is 39.4 Å². The van der Waals surface area contributed by atoms with Gasteiger partial charge in [0.25, 0.3) is 0 Å². The summed E-state index contributed by atoms with van der Waals surface area (Å²) in [5.74, 6) is 0.00812. The number of hydrogen-bond acceptors (Lipinski definition) is 7. The van der Waals surface area contributed by atoms with E-state index >= 15 is 4.39 Å². The molecule has 3 aromatic carbocycles. The number of piperazine rings is 1. The SMILES string of the molecule is Oc1cc(-c2c(Cl)cc3c(N4C5CCC4(Cl)CNC5)nc(OCC45CCCN4CCC5)nc3c2F)c2ccccc2c1. The third-order valence-corrected chi connectivity index (χ3v) is 10.7. The van der Waals surface area contributed by atoms with Crippen LogP contribution in [0.2, 0.25) is 5.02 Å². The van der Waals surface area contributed by atoms with Gasteiger partial charge in [-0.05, 0) is 86.1 Å². The van der Waals surface area contributed by atoms with Crippen molar-refractivity contribution in [1.82, 2.24) is 20.2 Å². The van der Waals surface area contributed by atoms with Crippen molar-refractivity contribution in [2.24, 2.45) is 0 Å². The van der Waals surface area contributed by atoms with Crippen LogP contribution in [0.5, 0.6) is 11.8 Å². The Morgan fingerprint density at radius 3 is 2.69 bits per heavy atom. The Morgan fingerprint density at radius 2 is 1.88 bits per heavy atom. The van der Waals surface area contributed by atoms with Crippen molar-refractivity contribution in [3.63, 3.8) is 0 Å². The Balaban J connectivity index is 1.32. The lowest BCUT2D eigenvalue weighted by Crippen LogP contribution is -2.58. The van der Waals surface area contributed by atoms with Crippen molar-refractivity contribution in [3.05, 3.63) is 53.3 Å². The maximum Gasteiger partial charge on any atom is 0.319 e. The van der Waals surface area contributed by atoms with Crippen LogP contribution in [0.1, 0.15) is 38.5 Å². The first-order valence-corrected chi connectivity index (χ1v) is 15.6. The van der Waals surface area contributed by atoms with Gasteiger partial charge in [-0.1, -0.05) is 47.5 Å². The van der Waals surface area contributed by atoms with Gasteiger partial charge in [-0.2, -0.15) is 9.97 Å². The fourth-order valence-electron chi connectivity index (χ4n) is 7.94. The quantitative estimate of drug-likeness (QED) is 0.199. The summed E-state index contributed by atoms with van der Waals surface area (Å²) in [6, 6.07) is 12.8. The molecule has 0 spiro atoms. The summed E-state index contributed by atoms with van der Waals surface area (Å²) in [4.78, 5) is 13.6. The fourth-order valence-corrected chi connectivity index (χ4v) is 8.66. The highest BCUT2D eigenvalue weighted by atomic mass is 35.5. The second-order valence-electron chi connectivity index (χ2n) is 12.3. The number of hydrogen-bond donors (Lipinski definition) is 2. The van der Waals surface area contributed by atoms with Gasteiger partial charge in [0.2, 0.25) is 0 Å². The van der Waals surface area contributed by atoms with Crippen LogP contribution < -0.4 is 15.0 Å². The van der Waals surface area contributed by atoms with E-state index in [1.54, 1.807) is 18.2 Å². The molecule has 1 aromatic heterocycles. The van der Waals surface area contributed by atoms with Gasteiger partial charge in [0.1, 0.15) is 28.7 Å². The van der Waals surface area contributed by atoms with E-state index in [1.807, 2.05) is 24.3 Å². The minimum absolute atomic E-state index is 0.00948. The first kappa shape index (κ1) is 26.7. The molecule has 2 unspecified atom stereocenters. The summed E-state index contributed by atoms with van der Waals surface area (Å²) >= 11 is 14.1. The number of anilines is 1. The van der Waals surface area contributed by atoms with E-state index in [1.165, 1.54) is 0 Å². The monoisotopic (exact) mass is 607 g/mol. The number of nitrogens with zero attached hydrogens (tertiary/aromatic N) is 4. The molecule has 0 saturated carbocycles. The van der Waals surface area contributed by atoms with Crippen molar-refractivity contribution in [2.75, 3.05) is 37.7 Å². The van der Waals surface area contributed by atoms with Crippen LogP contribution in [-0.4, -0.2) is 69.3 Å². The van der Waals surface area contributed by atoms with Gasteiger partial charge in [-0.3, -0.25) is 4.90 Å². The molecule has 4 aromatic rings. The number of alkyl halides is 1. The molecular weight excluding hydrogens is 576 g/mol. The van der Waals surface area contributed by atoms with Crippen molar-refractivity contribution >= 4 is 50.7 Å². The largest absolute Gasteiger partial charge is 0.508 e. The van der Waals surface area contributed by atoms with Crippen molar-refractivity contribution in [3.8, 4) is 22.9 Å². The van der Waals surface area contributed by atoms with Gasteiger partial charge in [0.15, 0.2) is 5.82 Å². The summed E-state index contributed by atoms with van der Waals surface area (Å²) in [7, 11) is 0. The number of aromatic hydroxyl groups is 1. The molecule has 4 saturated heterocycles. The Hall–Kier alpha value is -2.91. The van der Waals surface area contributed by atoms with E-state index in [4.69, 9.17) is 37.9 Å². The molecule has 0 amide bonds. The molecule has 42 heavy (non-hydrogen) atoms. The van der Waals surface area contributed by atoms with Crippen molar-refractivity contribution < 1.29 is 14.2 Å². The Labute approximate surface area is 253 Å². The smallest absolute Gasteiger partial charge is 0.319 e. The number of halogens is 3. The average Bonchev–Trinajstić information content (AvgIpc) is 3.61. The van der Waals surface area contributed by atoms with E-state index in [2.05, 4.69) is 15.1 Å². The lowest BCUT2D eigenvalue weighted by Gasteiger charge is -2.42. The molecule has 2 bridgehead atoms. The van der Waals surface area contributed by atoms with Gasteiger partial charge < -0.3 is 20.1 Å². The van der Waals surface area contributed by atoms with Crippen LogP contribution >= 0.6 is 23.2 Å². The molecule has 8 rings (SSSR count). The van der Waals surface area contributed by atoms with Crippen LogP contribution in [0, 0.1) is 5.82 Å². The van der Waals surface area contributed by atoms with E-state index in [0.717, 1.165) is 68.9 Å². The first-order valence-electron chi connectivity index (χ1n) is 14.8. The molecule has 0 aliphatic carbocycles. The molecule has 218 valence electrons. The van der Waals surface area contributed by atoms with E-state index < -0.39 is 10.8 Å². The summed E-state index contributed by atoms with van der Waals surface area (Å²) < 4.78 is 23.3. The predicted molar refractivity (Wildman–Crippen MR) is 164 cm³/mol. The number of ether oxygens (including phenoxy) is 1. The molecule has 4 aliphatic rings. The van der Waals surface area contributed by atoms with Gasteiger partial charge >= 0.3 is 6.01 Å². The molecule has 10 heteroatoms. The normalized spacial score (nSPS) is 25.0. The molecule has 7 nitrogen and oxygen atoms in total. The van der Waals surface area contributed by atoms with Crippen molar-refractivity contribution in [2.45, 2.75) is 55.1 Å². The Morgan fingerprint density at radius 1 is 1.07 bits per heavy atom. The number of benzene rings is 3. The average molecular weight is 609 g/mol. The zero-order valence-electron chi connectivity index (χ0n) is 23.2. The van der Waals surface area contributed by atoms with Crippen LogP contribution in [0.3, 0.4) is 0 Å². The zero-order chi connectivity index (χ0) is 28.6. The van der Waals surface area contributed by atoms with Crippen LogP contribution in [0.25, 0.3) is 32.8 Å². The van der Waals surface area contributed by atoms with Crippen molar-refractivity contribution in [1.29, 1.82) is 0 Å². The lowest BCUT2D eigenvalue weighted by molar-refractivity contribution is 0.108. The molecule has 4 aliphatic heterocycles. The third-order valence-electron chi connectivity index (χ3n) is 9.90. The maximum absolute atomic E-state index is 16.9. The van der Waals surface area contributed by atoms with Gasteiger partial charge in [0.05, 0.1) is 10.6 Å². The van der Waals surface area contributed by atoms with Gasteiger partial charge in [-0.25, -0.2) is 4.39 Å². The second-order valence-corrected chi connectivity index (χ2v) is 13.4. The minimum Gasteiger partial charge on any atom is -0.508 e. The van der Waals surface area contributed by atoms with Gasteiger partial charge in [0, 0.05) is 30.1 Å². The summed E-state index contributed by atoms with van der Waals surface area (Å²) in [6.45, 7) is 3.98. The van der Waals surface area contributed by atoms with Gasteiger partial charge in [-0.15, -0.1) is 0 Å². The number of rotatable bonds is 5. The highest BCUT2D eigenvalue weighted by Crippen LogP contribution is 2.48. The molecule has 2 N–H and O–H groups in total. The molecular formula is C32H32Cl2FN5O2. The Kier molecular flexibility index (Phi) is 6.23. The maximum atomic E-state index is 16.9. The highest BCUT2D eigenvalue weighted by Gasteiger charge is 2.49. The summed E-state index contributed by atoms with van der Waals surface area (Å²) in [6.07, 6.45) is 6.15. The molecule has 5 heterocycles. The number of phenols is 1. The molecule has 4 fully saturated rings. The third kappa shape index (κ3) is 4.06. The van der Waals surface area contributed by atoms with Crippen LogP contribution in [0.4, 0.5) is 10.2 Å². The first-order chi connectivity index (χ1) is 20.4. The standard InChI is InChI=1S/C32H32Cl2FN5O2/c33-25-15-24-28(27(35)26(25)23-14-21(41)13-19-5-1-2-6-22(19)23)37-30(42-18-31-8-3-11-39(31)12-4-9-31)38-29(24)40-20-7-10-32(40,34)17-36-16-20/h1-2,5-6,13-15,20,36,41H,3-4,7-12,16-18H2. The summed E-state index contributed by atoms with van der Waals surface area (Å²) in [5, 5.41) is 16.2. The predicted octanol–water partition coefficient (Wildman–Crippen LogP) is 6.46. The van der Waals surface area contributed by atoms with E-state index in [0.29, 0.717) is 29.9 Å². The minimum atomic E-state index is -0.684. The number of nitrogens with one attached hydrogen (secondary N) is 1. The Bertz CT molecular complexity index is 1720. The van der Waals surface area contributed by atoms with Crippen LogP contribution in [-0.2, 0) is 0 Å². The zero-order valence-corrected chi connectivity index (χ0v) is 24.7. The number of phenolic OH excluding ortho intramolecular Hbond substituents is 1. The fraction of sp³-hybridized carbons (Fsp3) is 0.438. The number of aromatic nitrogens is 2. The highest BCUT2D eigenvalue weighted by molar-refractivity contribution is 6.35.